The molecule has 2 aromatic rings. The first-order valence-corrected chi connectivity index (χ1v) is 8.34. The van der Waals surface area contributed by atoms with Crippen LogP contribution in [0.25, 0.3) is 16.3 Å². The van der Waals surface area contributed by atoms with Gasteiger partial charge in [0.05, 0.1) is 11.4 Å². The van der Waals surface area contributed by atoms with E-state index in [9.17, 15) is 9.90 Å². The van der Waals surface area contributed by atoms with Crippen LogP contribution in [0.5, 0.6) is 0 Å². The van der Waals surface area contributed by atoms with Gasteiger partial charge in [-0.25, -0.2) is 4.98 Å². The van der Waals surface area contributed by atoms with Gasteiger partial charge in [-0.3, -0.25) is 4.79 Å². The Labute approximate surface area is 143 Å². The quantitative estimate of drug-likeness (QED) is 0.737. The number of carbonyl (C=O) groups excluding carboxylic acids is 1. The number of benzene rings is 1. The lowest BCUT2D eigenvalue weighted by Crippen LogP contribution is -2.36. The number of rotatable bonds is 4. The van der Waals surface area contributed by atoms with E-state index in [1.54, 1.807) is 19.2 Å². The van der Waals surface area contributed by atoms with Crippen LogP contribution >= 0.6 is 11.3 Å². The zero-order chi connectivity index (χ0) is 17.3. The van der Waals surface area contributed by atoms with E-state index in [4.69, 9.17) is 11.1 Å². The van der Waals surface area contributed by atoms with Crippen molar-refractivity contribution >= 4 is 29.2 Å². The molecule has 1 saturated heterocycles. The second-order valence-corrected chi connectivity index (χ2v) is 6.60. The minimum absolute atomic E-state index is 0.280. The summed E-state index contributed by atoms with van der Waals surface area (Å²) in [6, 6.07) is 7.26. The van der Waals surface area contributed by atoms with Gasteiger partial charge in [0.1, 0.15) is 5.01 Å². The monoisotopic (exact) mass is 342 g/mol. The summed E-state index contributed by atoms with van der Waals surface area (Å²) < 4.78 is 0. The molecule has 1 aromatic heterocycles. The van der Waals surface area contributed by atoms with Gasteiger partial charge in [-0.15, -0.1) is 11.3 Å². The molecule has 1 aromatic carbocycles. The highest BCUT2D eigenvalue weighted by Crippen LogP contribution is 2.35. The first-order valence-electron chi connectivity index (χ1n) is 7.46. The minimum Gasteiger partial charge on any atom is -0.397 e. The minimum atomic E-state index is -1.47. The number of aromatic nitrogens is 1. The van der Waals surface area contributed by atoms with Crippen LogP contribution in [0.2, 0.25) is 0 Å². The number of carbonyl (C=O) groups is 1. The maximum absolute atomic E-state index is 12.3. The van der Waals surface area contributed by atoms with Crippen LogP contribution in [0.1, 0.15) is 17.7 Å². The molecule has 4 N–H and O–H groups in total. The zero-order valence-corrected chi connectivity index (χ0v) is 14.0. The fourth-order valence-electron chi connectivity index (χ4n) is 2.75. The van der Waals surface area contributed by atoms with Crippen molar-refractivity contribution in [2.24, 2.45) is 5.73 Å². The normalized spacial score (nSPS) is 21.3. The summed E-state index contributed by atoms with van der Waals surface area (Å²) in [6.07, 6.45) is 2.97. The maximum atomic E-state index is 12.3. The number of allylic oxidation sites excluding steroid dienone is 1. The van der Waals surface area contributed by atoms with Gasteiger partial charge in [0.15, 0.2) is 5.60 Å². The number of hydrogen-bond acceptors (Lipinski definition) is 6. The molecule has 0 aliphatic carbocycles. The Hall–Kier alpha value is -2.51. The van der Waals surface area contributed by atoms with E-state index in [0.717, 1.165) is 16.8 Å². The molecule has 1 aliphatic heterocycles. The molecule has 7 heteroatoms. The molecule has 1 aliphatic rings. The Morgan fingerprint density at radius 3 is 3.00 bits per heavy atom. The molecule has 24 heavy (non-hydrogen) atoms. The number of amides is 1. The van der Waals surface area contributed by atoms with Crippen molar-refractivity contribution in [3.8, 4) is 10.6 Å². The van der Waals surface area contributed by atoms with Gasteiger partial charge in [0.25, 0.3) is 5.91 Å². The highest BCUT2D eigenvalue weighted by atomic mass is 32.1. The van der Waals surface area contributed by atoms with E-state index in [-0.39, 0.29) is 5.91 Å². The molecule has 0 radical (unpaired) electrons. The molecule has 0 saturated carbocycles. The molecule has 3 rings (SSSR count). The Kier molecular flexibility index (Phi) is 4.21. The molecule has 1 fully saturated rings. The molecule has 0 unspecified atom stereocenters. The summed E-state index contributed by atoms with van der Waals surface area (Å²) in [7, 11) is 1.69. The smallest absolute Gasteiger partial charge is 0.258 e. The molecule has 6 nitrogen and oxygen atoms in total. The first kappa shape index (κ1) is 16.4. The first-order chi connectivity index (χ1) is 11.5. The van der Waals surface area contributed by atoms with Gasteiger partial charge in [-0.1, -0.05) is 18.2 Å². The van der Waals surface area contributed by atoms with Crippen LogP contribution in [0, 0.1) is 5.41 Å². The van der Waals surface area contributed by atoms with Crippen molar-refractivity contribution in [1.29, 1.82) is 5.41 Å². The van der Waals surface area contributed by atoms with Crippen LogP contribution in [-0.4, -0.2) is 40.7 Å². The van der Waals surface area contributed by atoms with E-state index >= 15 is 0 Å². The Morgan fingerprint density at radius 2 is 2.33 bits per heavy atom. The number of nitrogens with one attached hydrogen (secondary N) is 1. The van der Waals surface area contributed by atoms with Crippen LogP contribution in [0.4, 0.5) is 0 Å². The predicted octanol–water partition coefficient (Wildman–Crippen LogP) is 1.81. The van der Waals surface area contributed by atoms with E-state index in [1.165, 1.54) is 22.3 Å². The van der Waals surface area contributed by atoms with Gasteiger partial charge >= 0.3 is 0 Å². The number of nitrogens with zero attached hydrogens (tertiary/aromatic N) is 2. The molecule has 0 spiro atoms. The van der Waals surface area contributed by atoms with Crippen LogP contribution in [0.15, 0.2) is 35.7 Å². The van der Waals surface area contributed by atoms with Crippen LogP contribution in [0.3, 0.4) is 0 Å². The summed E-state index contributed by atoms with van der Waals surface area (Å²) >= 11 is 1.42. The van der Waals surface area contributed by atoms with E-state index in [2.05, 4.69) is 4.98 Å². The van der Waals surface area contributed by atoms with Crippen molar-refractivity contribution in [2.45, 2.75) is 12.0 Å². The second kappa shape index (κ2) is 6.18. The molecular formula is C17H18N4O2S. The van der Waals surface area contributed by atoms with Gasteiger partial charge in [0.2, 0.25) is 0 Å². The van der Waals surface area contributed by atoms with E-state index in [1.807, 2.05) is 17.5 Å². The van der Waals surface area contributed by atoms with E-state index < -0.39 is 5.60 Å². The van der Waals surface area contributed by atoms with Gasteiger partial charge in [0, 0.05) is 37.2 Å². The van der Waals surface area contributed by atoms with Crippen LogP contribution in [-0.2, 0) is 10.4 Å². The largest absolute Gasteiger partial charge is 0.397 e. The molecule has 1 atom stereocenters. The highest BCUT2D eigenvalue weighted by molar-refractivity contribution is 7.13. The van der Waals surface area contributed by atoms with Crippen LogP contribution < -0.4 is 5.73 Å². The molecule has 0 bridgehead atoms. The third-order valence-corrected chi connectivity index (χ3v) is 5.05. The summed E-state index contributed by atoms with van der Waals surface area (Å²) in [5.41, 5.74) is 6.81. The Morgan fingerprint density at radius 1 is 1.54 bits per heavy atom. The van der Waals surface area contributed by atoms with Gasteiger partial charge in [-0.05, 0) is 17.7 Å². The van der Waals surface area contributed by atoms with Crippen molar-refractivity contribution < 1.29 is 9.90 Å². The third-order valence-electron chi connectivity index (χ3n) is 4.16. The zero-order valence-electron chi connectivity index (χ0n) is 13.2. The van der Waals surface area contributed by atoms with Crippen molar-refractivity contribution in [1.82, 2.24) is 9.88 Å². The molecule has 1 amide bonds. The number of nitrogens with two attached hydrogens (primary N) is 1. The molecule has 2 heterocycles. The topological polar surface area (TPSA) is 103 Å². The number of likely N-dealkylation sites (tertiary alicyclic amines) is 1. The lowest BCUT2D eigenvalue weighted by atomic mass is 9.91. The molecular weight excluding hydrogens is 324 g/mol. The lowest BCUT2D eigenvalue weighted by molar-refractivity contribution is -0.143. The standard InChI is InChI=1S/C17H18N4O2S/c1-21-8-6-17(23,16(21)22)12-4-2-3-11(9-12)15-20-14(10-24-15)13(19)5-7-18/h2-5,7,9-10,18,23H,6,8,19H2,1H3/b13-5-,18-7?/t17-/m1/s1. The third kappa shape index (κ3) is 2.72. The number of aliphatic hydroxyl groups is 1. The molecule has 124 valence electrons. The average molecular weight is 342 g/mol. The fraction of sp³-hybridized carbons (Fsp3) is 0.235. The maximum Gasteiger partial charge on any atom is 0.258 e. The van der Waals surface area contributed by atoms with Gasteiger partial charge in [-0.2, -0.15) is 0 Å². The second-order valence-electron chi connectivity index (χ2n) is 5.74. The number of thiazole rings is 1. The Bertz CT molecular complexity index is 830. The van der Waals surface area contributed by atoms with Crippen molar-refractivity contribution in [2.75, 3.05) is 13.6 Å². The summed E-state index contributed by atoms with van der Waals surface area (Å²) in [4.78, 5) is 18.3. The average Bonchev–Trinajstić information content (AvgIpc) is 3.18. The summed E-state index contributed by atoms with van der Waals surface area (Å²) in [5.74, 6) is -0.280. The fourth-order valence-corrected chi connectivity index (χ4v) is 3.57. The Balaban J connectivity index is 1.96. The SMILES string of the molecule is CN1CC[C@@](O)(c2cccc(-c3nc(/C(N)=C/C=N)cs3)c2)C1=O. The van der Waals surface area contributed by atoms with E-state index in [0.29, 0.717) is 29.9 Å². The lowest BCUT2D eigenvalue weighted by Gasteiger charge is -2.21. The summed E-state index contributed by atoms with van der Waals surface area (Å²) in [5, 5.41) is 20.4. The predicted molar refractivity (Wildman–Crippen MR) is 94.6 cm³/mol. The number of hydrogen-bond donors (Lipinski definition) is 3. The van der Waals surface area contributed by atoms with Crippen molar-refractivity contribution in [3.63, 3.8) is 0 Å². The van der Waals surface area contributed by atoms with Crippen molar-refractivity contribution in [3.05, 3.63) is 47.0 Å². The van der Waals surface area contributed by atoms with Gasteiger partial charge < -0.3 is 21.1 Å². The highest BCUT2D eigenvalue weighted by Gasteiger charge is 2.45. The number of likely N-dealkylation sites (N-methyl/N-ethyl adjacent to an activating group) is 1. The summed E-state index contributed by atoms with van der Waals surface area (Å²) in [6.45, 7) is 0.534.